The van der Waals surface area contributed by atoms with Crippen LogP contribution in [0.1, 0.15) is 31.7 Å². The predicted molar refractivity (Wildman–Crippen MR) is 67.4 cm³/mol. The zero-order valence-corrected chi connectivity index (χ0v) is 10.7. The Hall–Kier alpha value is -1.36. The second kappa shape index (κ2) is 6.39. The normalized spacial score (nSPS) is 12.1. The van der Waals surface area contributed by atoms with Gasteiger partial charge in [-0.05, 0) is 12.5 Å². The van der Waals surface area contributed by atoms with Crippen LogP contribution in [0.3, 0.4) is 0 Å². The molecule has 1 rings (SSSR count). The number of oxime groups is 1. The smallest absolute Gasteiger partial charge is 0.179 e. The molecule has 0 spiro atoms. The second-order valence-corrected chi connectivity index (χ2v) is 5.89. The maximum Gasteiger partial charge on any atom is 0.179 e. The van der Waals surface area contributed by atoms with E-state index in [4.69, 9.17) is 5.21 Å². The van der Waals surface area contributed by atoms with Gasteiger partial charge in [-0.25, -0.2) is 8.42 Å². The molecule has 5 heteroatoms. The minimum Gasteiger partial charge on any atom is -0.411 e. The number of rotatable bonds is 6. The van der Waals surface area contributed by atoms with Crippen molar-refractivity contribution in [2.75, 3.05) is 5.75 Å². The van der Waals surface area contributed by atoms with E-state index in [0.717, 1.165) is 19.1 Å². The maximum atomic E-state index is 12.1. The fraction of sp³-hybridized carbons (Fsp3) is 0.417. The van der Waals surface area contributed by atoms with Crippen molar-refractivity contribution >= 4 is 16.1 Å². The molecule has 1 N–H and O–H groups in total. The molecule has 0 atom stereocenters. The maximum absolute atomic E-state index is 12.1. The van der Waals surface area contributed by atoms with Crippen molar-refractivity contribution in [1.29, 1.82) is 0 Å². The van der Waals surface area contributed by atoms with E-state index in [1.54, 1.807) is 18.2 Å². The topological polar surface area (TPSA) is 66.7 Å². The first-order chi connectivity index (χ1) is 8.11. The summed E-state index contributed by atoms with van der Waals surface area (Å²) in [6.45, 7) is 2.03. The number of hydrogen-bond acceptors (Lipinski definition) is 4. The van der Waals surface area contributed by atoms with Gasteiger partial charge in [0.2, 0.25) is 0 Å². The zero-order chi connectivity index (χ0) is 12.7. The SMILES string of the molecule is CCCCCS(=O)(=O)c1ccccc1C=NO. The van der Waals surface area contributed by atoms with Gasteiger partial charge in [-0.3, -0.25) is 0 Å². The molecular formula is C12H17NO3S. The number of benzene rings is 1. The summed E-state index contributed by atoms with van der Waals surface area (Å²) in [6, 6.07) is 6.54. The molecule has 0 aliphatic carbocycles. The molecule has 94 valence electrons. The Labute approximate surface area is 102 Å². The molecule has 17 heavy (non-hydrogen) atoms. The molecule has 4 nitrogen and oxygen atoms in total. The van der Waals surface area contributed by atoms with E-state index in [1.165, 1.54) is 6.07 Å². The van der Waals surface area contributed by atoms with Crippen LogP contribution in [-0.4, -0.2) is 25.6 Å². The lowest BCUT2D eigenvalue weighted by atomic mass is 10.2. The highest BCUT2D eigenvalue weighted by Gasteiger charge is 2.16. The van der Waals surface area contributed by atoms with Crippen LogP contribution in [0, 0.1) is 0 Å². The van der Waals surface area contributed by atoms with Crippen molar-refractivity contribution < 1.29 is 13.6 Å². The van der Waals surface area contributed by atoms with Crippen molar-refractivity contribution in [3.05, 3.63) is 29.8 Å². The van der Waals surface area contributed by atoms with E-state index in [2.05, 4.69) is 5.16 Å². The Morgan fingerprint density at radius 1 is 1.29 bits per heavy atom. The number of unbranched alkanes of at least 4 members (excludes halogenated alkanes) is 2. The van der Waals surface area contributed by atoms with Crippen molar-refractivity contribution in [3.8, 4) is 0 Å². The summed E-state index contributed by atoms with van der Waals surface area (Å²) in [7, 11) is -3.29. The molecule has 1 aromatic rings. The van der Waals surface area contributed by atoms with Crippen LogP contribution in [0.15, 0.2) is 34.3 Å². The Balaban J connectivity index is 2.98. The van der Waals surface area contributed by atoms with Gasteiger partial charge in [0.1, 0.15) is 0 Å². The van der Waals surface area contributed by atoms with E-state index in [0.29, 0.717) is 12.0 Å². The monoisotopic (exact) mass is 255 g/mol. The van der Waals surface area contributed by atoms with Crippen LogP contribution in [0.25, 0.3) is 0 Å². The second-order valence-electron chi connectivity index (χ2n) is 3.81. The highest BCUT2D eigenvalue weighted by atomic mass is 32.2. The predicted octanol–water partition coefficient (Wildman–Crippen LogP) is 2.46. The summed E-state index contributed by atoms with van der Waals surface area (Å²) in [5, 5.41) is 11.4. The van der Waals surface area contributed by atoms with Crippen LogP contribution < -0.4 is 0 Å². The van der Waals surface area contributed by atoms with Gasteiger partial charge >= 0.3 is 0 Å². The molecule has 0 fully saturated rings. The lowest BCUT2D eigenvalue weighted by Gasteiger charge is -2.06. The lowest BCUT2D eigenvalue weighted by Crippen LogP contribution is -2.09. The molecule has 0 unspecified atom stereocenters. The molecule has 0 saturated heterocycles. The van der Waals surface area contributed by atoms with Gasteiger partial charge in [-0.1, -0.05) is 43.1 Å². The summed E-state index contributed by atoms with van der Waals surface area (Å²) in [5.41, 5.74) is 0.423. The van der Waals surface area contributed by atoms with Gasteiger partial charge in [0.05, 0.1) is 16.9 Å². The van der Waals surface area contributed by atoms with Crippen molar-refractivity contribution in [2.24, 2.45) is 5.16 Å². The molecule has 0 heterocycles. The highest BCUT2D eigenvalue weighted by Crippen LogP contribution is 2.17. The number of sulfone groups is 1. The van der Waals surface area contributed by atoms with Gasteiger partial charge < -0.3 is 5.21 Å². The third kappa shape index (κ3) is 3.85. The largest absolute Gasteiger partial charge is 0.411 e. The van der Waals surface area contributed by atoms with Gasteiger partial charge in [-0.2, -0.15) is 0 Å². The molecule has 0 aliphatic rings. The first kappa shape index (κ1) is 13.7. The van der Waals surface area contributed by atoms with Gasteiger partial charge in [-0.15, -0.1) is 0 Å². The minimum atomic E-state index is -3.29. The minimum absolute atomic E-state index is 0.136. The first-order valence-corrected chi connectivity index (χ1v) is 7.26. The Morgan fingerprint density at radius 2 is 2.00 bits per heavy atom. The Bertz CT molecular complexity index is 480. The molecule has 0 amide bonds. The molecule has 0 radical (unpaired) electrons. The van der Waals surface area contributed by atoms with Gasteiger partial charge in [0.15, 0.2) is 9.84 Å². The Morgan fingerprint density at radius 3 is 2.65 bits per heavy atom. The summed E-state index contributed by atoms with van der Waals surface area (Å²) in [6.07, 6.45) is 3.68. The van der Waals surface area contributed by atoms with Crippen molar-refractivity contribution in [3.63, 3.8) is 0 Å². The third-order valence-corrected chi connectivity index (χ3v) is 4.34. The van der Waals surface area contributed by atoms with Crippen LogP contribution in [0.5, 0.6) is 0 Å². The van der Waals surface area contributed by atoms with E-state index >= 15 is 0 Å². The zero-order valence-electron chi connectivity index (χ0n) is 9.83. The van der Waals surface area contributed by atoms with E-state index in [1.807, 2.05) is 6.92 Å². The molecule has 0 saturated carbocycles. The molecular weight excluding hydrogens is 238 g/mol. The molecule has 1 aromatic carbocycles. The fourth-order valence-corrected chi connectivity index (χ4v) is 3.15. The lowest BCUT2D eigenvalue weighted by molar-refractivity contribution is 0.321. The van der Waals surface area contributed by atoms with Crippen LogP contribution in [-0.2, 0) is 9.84 Å². The standard InChI is InChI=1S/C12H17NO3S/c1-2-3-6-9-17(15,16)12-8-5-4-7-11(12)10-13-14/h4-5,7-8,10,14H,2-3,6,9H2,1H3. The Kier molecular flexibility index (Phi) is 5.15. The van der Waals surface area contributed by atoms with Crippen LogP contribution in [0.2, 0.25) is 0 Å². The van der Waals surface area contributed by atoms with Crippen LogP contribution >= 0.6 is 0 Å². The van der Waals surface area contributed by atoms with E-state index in [9.17, 15) is 8.42 Å². The summed E-state index contributed by atoms with van der Waals surface area (Å²) in [4.78, 5) is 0.230. The van der Waals surface area contributed by atoms with Crippen molar-refractivity contribution in [1.82, 2.24) is 0 Å². The fourth-order valence-electron chi connectivity index (χ4n) is 1.58. The molecule has 0 aromatic heterocycles. The average Bonchev–Trinajstić information content (AvgIpc) is 2.30. The van der Waals surface area contributed by atoms with Crippen LogP contribution in [0.4, 0.5) is 0 Å². The van der Waals surface area contributed by atoms with Crippen molar-refractivity contribution in [2.45, 2.75) is 31.1 Å². The number of hydrogen-bond donors (Lipinski definition) is 1. The summed E-state index contributed by atoms with van der Waals surface area (Å²) < 4.78 is 24.1. The number of nitrogens with zero attached hydrogens (tertiary/aromatic N) is 1. The highest BCUT2D eigenvalue weighted by molar-refractivity contribution is 7.91. The van der Waals surface area contributed by atoms with Gasteiger partial charge in [0, 0.05) is 5.56 Å². The average molecular weight is 255 g/mol. The molecule has 0 bridgehead atoms. The first-order valence-electron chi connectivity index (χ1n) is 5.61. The quantitative estimate of drug-likeness (QED) is 0.367. The van der Waals surface area contributed by atoms with E-state index in [-0.39, 0.29) is 10.6 Å². The van der Waals surface area contributed by atoms with E-state index < -0.39 is 9.84 Å². The third-order valence-electron chi connectivity index (χ3n) is 2.47. The van der Waals surface area contributed by atoms with Gasteiger partial charge in [0.25, 0.3) is 0 Å². The molecule has 0 aliphatic heterocycles. The summed E-state index contributed by atoms with van der Waals surface area (Å²) >= 11 is 0. The summed E-state index contributed by atoms with van der Waals surface area (Å²) in [5.74, 6) is 0.136.